The van der Waals surface area contributed by atoms with Crippen LogP contribution >= 0.6 is 0 Å². The van der Waals surface area contributed by atoms with Gasteiger partial charge in [0.05, 0.1) is 12.5 Å². The summed E-state index contributed by atoms with van der Waals surface area (Å²) in [6.45, 7) is 9.99. The Balaban J connectivity index is 2.07. The number of ether oxygens (including phenoxy) is 2. The van der Waals surface area contributed by atoms with E-state index < -0.39 is 20.7 Å². The minimum Gasteiger partial charge on any atom is -0.460 e. The molecule has 0 aromatic heterocycles. The Morgan fingerprint density at radius 1 is 1.03 bits per heavy atom. The molecule has 1 heterocycles. The lowest BCUT2D eigenvalue weighted by atomic mass is 10.0. The van der Waals surface area contributed by atoms with Gasteiger partial charge in [-0.1, -0.05) is 88.4 Å². The summed E-state index contributed by atoms with van der Waals surface area (Å²) in [4.78, 5) is 24.5. The second-order valence-corrected chi connectivity index (χ2v) is 14.0. The van der Waals surface area contributed by atoms with Crippen molar-refractivity contribution in [1.82, 2.24) is 0 Å². The monoisotopic (exact) mass is 468 g/mol. The Kier molecular flexibility index (Phi) is 8.27. The van der Waals surface area contributed by atoms with Gasteiger partial charge >= 0.3 is 5.97 Å². The lowest BCUT2D eigenvalue weighted by Gasteiger charge is -2.46. The van der Waals surface area contributed by atoms with E-state index in [2.05, 4.69) is 45.0 Å². The minimum atomic E-state index is -2.89. The van der Waals surface area contributed by atoms with E-state index in [4.69, 9.17) is 13.9 Å². The Bertz CT molecular complexity index is 883. The number of Topliss-reactive ketones (excluding diaryl/α,β-unsaturated/α-hetero) is 1. The molecule has 1 saturated heterocycles. The molecule has 1 aliphatic rings. The first kappa shape index (κ1) is 25.3. The van der Waals surface area contributed by atoms with Crippen molar-refractivity contribution >= 4 is 30.4 Å². The Morgan fingerprint density at radius 3 is 2.03 bits per heavy atom. The fourth-order valence-corrected chi connectivity index (χ4v) is 9.32. The third kappa shape index (κ3) is 5.80. The summed E-state index contributed by atoms with van der Waals surface area (Å²) >= 11 is 0. The Labute approximate surface area is 198 Å². The third-order valence-corrected chi connectivity index (χ3v) is 11.3. The number of hydrogen-bond donors (Lipinski definition) is 0. The van der Waals surface area contributed by atoms with E-state index in [1.165, 1.54) is 6.92 Å². The van der Waals surface area contributed by atoms with Gasteiger partial charge in [0.15, 0.2) is 6.29 Å². The van der Waals surface area contributed by atoms with Crippen molar-refractivity contribution in [3.63, 3.8) is 0 Å². The lowest BCUT2D eigenvalue weighted by molar-refractivity contribution is -0.187. The van der Waals surface area contributed by atoms with Gasteiger partial charge in [0, 0.05) is 13.3 Å². The van der Waals surface area contributed by atoms with Crippen LogP contribution in [-0.2, 0) is 23.5 Å². The lowest BCUT2D eigenvalue weighted by Crippen LogP contribution is -2.68. The van der Waals surface area contributed by atoms with E-state index in [0.29, 0.717) is 19.3 Å². The normalized spacial score (nSPS) is 22.3. The van der Waals surface area contributed by atoms with Crippen molar-refractivity contribution in [2.24, 2.45) is 0 Å². The van der Waals surface area contributed by atoms with E-state index in [0.717, 1.165) is 10.4 Å². The predicted octanol–water partition coefficient (Wildman–Crippen LogP) is 4.37. The molecule has 6 heteroatoms. The first-order valence-corrected chi connectivity index (χ1v) is 13.7. The van der Waals surface area contributed by atoms with Gasteiger partial charge in [-0.2, -0.15) is 0 Å². The fraction of sp³-hybridized carbons (Fsp3) is 0.481. The highest BCUT2D eigenvalue weighted by Gasteiger charge is 2.52. The summed E-state index contributed by atoms with van der Waals surface area (Å²) in [6.07, 6.45) is 0.168. The molecule has 0 radical (unpaired) electrons. The van der Waals surface area contributed by atoms with Crippen LogP contribution in [0.3, 0.4) is 0 Å². The molecule has 5 nitrogen and oxygen atoms in total. The van der Waals surface area contributed by atoms with Crippen LogP contribution in [0.25, 0.3) is 0 Å². The number of hydrogen-bond acceptors (Lipinski definition) is 5. The van der Waals surface area contributed by atoms with Gasteiger partial charge in [-0.25, -0.2) is 0 Å². The molecule has 178 valence electrons. The number of benzene rings is 2. The van der Waals surface area contributed by atoms with Gasteiger partial charge in [-0.05, 0) is 28.3 Å². The Hall–Kier alpha value is -2.28. The molecule has 2 aromatic rings. The van der Waals surface area contributed by atoms with Crippen LogP contribution in [0.1, 0.15) is 60.3 Å². The zero-order chi connectivity index (χ0) is 24.1. The topological polar surface area (TPSA) is 61.8 Å². The number of ketones is 1. The van der Waals surface area contributed by atoms with Gasteiger partial charge in [0.2, 0.25) is 0 Å². The maximum Gasteiger partial charge on any atom is 0.302 e. The van der Waals surface area contributed by atoms with Crippen LogP contribution < -0.4 is 10.4 Å². The van der Waals surface area contributed by atoms with E-state index >= 15 is 0 Å². The zero-order valence-corrected chi connectivity index (χ0v) is 21.4. The van der Waals surface area contributed by atoms with Gasteiger partial charge < -0.3 is 13.9 Å². The molecule has 0 amide bonds. The van der Waals surface area contributed by atoms with Crippen LogP contribution in [-0.4, -0.2) is 38.6 Å². The van der Waals surface area contributed by atoms with Crippen molar-refractivity contribution in [2.45, 2.75) is 83.8 Å². The predicted molar refractivity (Wildman–Crippen MR) is 132 cm³/mol. The molecular weight excluding hydrogens is 432 g/mol. The minimum absolute atomic E-state index is 0.0598. The highest BCUT2D eigenvalue weighted by atomic mass is 28.4. The molecule has 0 aliphatic carbocycles. The SMILES string of the molecule is CC[C@H]1O[C@@H](O[Si](c2ccccc2)(c2ccccc2)C(C)(C)C)CC(=O)CC[C@H]1OC(C)=O. The molecule has 33 heavy (non-hydrogen) atoms. The molecule has 3 atom stereocenters. The molecule has 3 rings (SSSR count). The third-order valence-electron chi connectivity index (χ3n) is 6.29. The van der Waals surface area contributed by atoms with Crippen LogP contribution in [0, 0.1) is 0 Å². The average Bonchev–Trinajstić information content (AvgIpc) is 2.77. The molecule has 1 fully saturated rings. The first-order valence-electron chi connectivity index (χ1n) is 11.8. The van der Waals surface area contributed by atoms with Crippen molar-refractivity contribution in [2.75, 3.05) is 0 Å². The average molecular weight is 469 g/mol. The van der Waals surface area contributed by atoms with Crippen LogP contribution in [0.5, 0.6) is 0 Å². The summed E-state index contributed by atoms with van der Waals surface area (Å²) in [7, 11) is -2.89. The first-order chi connectivity index (χ1) is 15.7. The Morgan fingerprint density at radius 2 is 1.58 bits per heavy atom. The number of rotatable bonds is 6. The van der Waals surface area contributed by atoms with Crippen molar-refractivity contribution < 1.29 is 23.5 Å². The zero-order valence-electron chi connectivity index (χ0n) is 20.4. The van der Waals surface area contributed by atoms with Crippen LogP contribution in [0.4, 0.5) is 0 Å². The maximum atomic E-state index is 12.8. The largest absolute Gasteiger partial charge is 0.460 e. The van der Waals surface area contributed by atoms with Crippen LogP contribution in [0.2, 0.25) is 5.04 Å². The smallest absolute Gasteiger partial charge is 0.302 e. The van der Waals surface area contributed by atoms with E-state index in [1.54, 1.807) is 0 Å². The second-order valence-electron chi connectivity index (χ2n) is 9.72. The van der Waals surface area contributed by atoms with Gasteiger partial charge in [-0.3, -0.25) is 9.59 Å². The quantitative estimate of drug-likeness (QED) is 0.465. The summed E-state index contributed by atoms with van der Waals surface area (Å²) < 4.78 is 19.0. The standard InChI is InChI=1S/C27H36O5Si/c1-6-24-25(30-20(2)28)18-17-21(29)19-26(31-24)32-33(27(3,4)5,22-13-9-7-10-14-22)23-15-11-8-12-16-23/h7-16,24-26H,6,17-19H2,1-5H3/t24-,25-,26+/m1/s1. The summed E-state index contributed by atoms with van der Waals surface area (Å²) in [5, 5.41) is 2.03. The van der Waals surface area contributed by atoms with Crippen molar-refractivity contribution in [3.8, 4) is 0 Å². The molecular formula is C27H36O5Si. The van der Waals surface area contributed by atoms with E-state index in [9.17, 15) is 9.59 Å². The van der Waals surface area contributed by atoms with Crippen molar-refractivity contribution in [1.29, 1.82) is 0 Å². The van der Waals surface area contributed by atoms with Gasteiger partial charge in [0.25, 0.3) is 8.32 Å². The highest BCUT2D eigenvalue weighted by Crippen LogP contribution is 2.38. The highest BCUT2D eigenvalue weighted by molar-refractivity contribution is 6.99. The summed E-state index contributed by atoms with van der Waals surface area (Å²) in [6, 6.07) is 20.6. The number of esters is 1. The molecule has 2 aromatic carbocycles. The second kappa shape index (κ2) is 10.8. The molecule has 1 aliphatic heterocycles. The number of carbonyl (C=O) groups excluding carboxylic acids is 2. The maximum absolute atomic E-state index is 12.8. The molecule has 0 unspecified atom stereocenters. The summed E-state index contributed by atoms with van der Waals surface area (Å²) in [5.41, 5.74) is 0. The number of carbonyl (C=O) groups is 2. The van der Waals surface area contributed by atoms with Gasteiger partial charge in [0.1, 0.15) is 11.9 Å². The fourth-order valence-electron chi connectivity index (χ4n) is 4.77. The molecule has 0 saturated carbocycles. The summed E-state index contributed by atoms with van der Waals surface area (Å²) in [5.74, 6) is -0.302. The molecule has 0 bridgehead atoms. The van der Waals surface area contributed by atoms with E-state index in [1.807, 2.05) is 43.3 Å². The molecule has 0 N–H and O–H groups in total. The van der Waals surface area contributed by atoms with Crippen LogP contribution in [0.15, 0.2) is 60.7 Å². The van der Waals surface area contributed by atoms with E-state index in [-0.39, 0.29) is 29.3 Å². The van der Waals surface area contributed by atoms with Gasteiger partial charge in [-0.15, -0.1) is 0 Å². The molecule has 0 spiro atoms. The van der Waals surface area contributed by atoms with Crippen molar-refractivity contribution in [3.05, 3.63) is 60.7 Å².